The first-order valence-corrected chi connectivity index (χ1v) is 7.82. The average Bonchev–Trinajstić information content (AvgIpc) is 2.82. The third-order valence-electron chi connectivity index (χ3n) is 4.18. The maximum absolute atomic E-state index is 13.0. The molecule has 0 radical (unpaired) electrons. The van der Waals surface area contributed by atoms with Gasteiger partial charge in [0, 0.05) is 26.4 Å². The Kier molecular flexibility index (Phi) is 5.42. The Morgan fingerprint density at radius 1 is 1.35 bits per heavy atom. The Bertz CT molecular complexity index is 625. The van der Waals surface area contributed by atoms with Crippen LogP contribution in [0.5, 0.6) is 0 Å². The molecule has 0 saturated heterocycles. The maximum Gasteiger partial charge on any atom is 0.303 e. The van der Waals surface area contributed by atoms with Gasteiger partial charge < -0.3 is 13.9 Å². The van der Waals surface area contributed by atoms with Crippen LogP contribution in [0.25, 0.3) is 0 Å². The Hall–Kier alpha value is -1.88. The number of allylic oxidation sites excluding steroid dienone is 1. The van der Waals surface area contributed by atoms with E-state index in [-0.39, 0.29) is 17.8 Å². The van der Waals surface area contributed by atoms with E-state index in [2.05, 4.69) is 0 Å². The highest BCUT2D eigenvalue weighted by Crippen LogP contribution is 2.28. The average molecular weight is 320 g/mol. The van der Waals surface area contributed by atoms with Crippen molar-refractivity contribution in [3.63, 3.8) is 0 Å². The van der Waals surface area contributed by atoms with Crippen LogP contribution in [0.15, 0.2) is 22.3 Å². The molecule has 0 spiro atoms. The molecule has 0 fully saturated rings. The largest absolute Gasteiger partial charge is 0.468 e. The molecule has 1 heterocycles. The molecule has 5 nitrogen and oxygen atoms in total. The van der Waals surface area contributed by atoms with Crippen molar-refractivity contribution >= 4 is 11.8 Å². The number of fused-ring (bicyclic) bond motifs is 1. The quantitative estimate of drug-likeness (QED) is 0.618. The highest BCUT2D eigenvalue weighted by molar-refractivity contribution is 6.02. The molecule has 0 unspecified atom stereocenters. The van der Waals surface area contributed by atoms with Crippen molar-refractivity contribution in [1.29, 1.82) is 0 Å². The van der Waals surface area contributed by atoms with Crippen LogP contribution in [0.1, 0.15) is 48.9 Å². The number of hydrogen-bond acceptors (Lipinski definition) is 5. The van der Waals surface area contributed by atoms with E-state index in [1.807, 2.05) is 26.8 Å². The fraction of sp³-hybridized carbons (Fsp3) is 0.556. The second-order valence-electron chi connectivity index (χ2n) is 6.29. The summed E-state index contributed by atoms with van der Waals surface area (Å²) in [6, 6.07) is 0. The summed E-state index contributed by atoms with van der Waals surface area (Å²) in [4.78, 5) is 24.4. The molecule has 0 aromatic carbocycles. The lowest BCUT2D eigenvalue weighted by Crippen LogP contribution is -2.35. The predicted molar refractivity (Wildman–Crippen MR) is 85.4 cm³/mol. The first kappa shape index (κ1) is 17.5. The zero-order valence-electron chi connectivity index (χ0n) is 14.3. The zero-order chi connectivity index (χ0) is 17.1. The number of ether oxygens (including phenoxy) is 2. The SMILES string of the molecule is CO[C@@H]1/C=C(/C)Cc2occ(C)c2C(=O)[C@@H](OC(C)=O)[C@@H](C)C1. The fourth-order valence-electron chi connectivity index (χ4n) is 3.06. The number of rotatable bonds is 2. The van der Waals surface area contributed by atoms with Crippen LogP contribution in [0.3, 0.4) is 0 Å². The molecule has 0 amide bonds. The molecule has 1 aliphatic rings. The molecule has 3 atom stereocenters. The third-order valence-corrected chi connectivity index (χ3v) is 4.18. The van der Waals surface area contributed by atoms with E-state index < -0.39 is 12.1 Å². The Labute approximate surface area is 136 Å². The molecule has 1 aromatic rings. The fourth-order valence-corrected chi connectivity index (χ4v) is 3.06. The lowest BCUT2D eigenvalue weighted by Gasteiger charge is -2.26. The monoisotopic (exact) mass is 320 g/mol. The smallest absolute Gasteiger partial charge is 0.303 e. The van der Waals surface area contributed by atoms with Crippen molar-refractivity contribution in [2.45, 2.75) is 52.7 Å². The minimum absolute atomic E-state index is 0.131. The summed E-state index contributed by atoms with van der Waals surface area (Å²) >= 11 is 0. The summed E-state index contributed by atoms with van der Waals surface area (Å²) in [6.45, 7) is 7.05. The van der Waals surface area contributed by atoms with Crippen molar-refractivity contribution in [3.8, 4) is 0 Å². The summed E-state index contributed by atoms with van der Waals surface area (Å²) in [5.41, 5.74) is 2.39. The van der Waals surface area contributed by atoms with Crippen LogP contribution in [0, 0.1) is 12.8 Å². The van der Waals surface area contributed by atoms with Crippen LogP contribution in [-0.4, -0.2) is 31.1 Å². The van der Waals surface area contributed by atoms with Gasteiger partial charge in [-0.1, -0.05) is 18.6 Å². The number of methoxy groups -OCH3 is 1. The third kappa shape index (κ3) is 3.91. The molecule has 0 N–H and O–H groups in total. The zero-order valence-corrected chi connectivity index (χ0v) is 14.3. The molecule has 23 heavy (non-hydrogen) atoms. The first-order valence-electron chi connectivity index (χ1n) is 7.82. The van der Waals surface area contributed by atoms with E-state index in [0.717, 1.165) is 11.1 Å². The molecule has 0 bridgehead atoms. The predicted octanol–water partition coefficient (Wildman–Crippen LogP) is 3.25. The summed E-state index contributed by atoms with van der Waals surface area (Å²) < 4.78 is 16.4. The van der Waals surface area contributed by atoms with Gasteiger partial charge in [-0.15, -0.1) is 0 Å². The van der Waals surface area contributed by atoms with Gasteiger partial charge in [-0.25, -0.2) is 0 Å². The standard InChI is InChI=1S/C18H24O5/c1-10-6-14(21-5)8-11(2)18(23-13(4)19)17(20)16-12(3)9-22-15(16)7-10/h6,9,11,14,18H,7-8H2,1-5H3/b10-6-/t11-,14+,18-/m0/s1. The molecule has 126 valence electrons. The van der Waals surface area contributed by atoms with E-state index in [1.54, 1.807) is 13.4 Å². The van der Waals surface area contributed by atoms with Gasteiger partial charge in [-0.2, -0.15) is 0 Å². The highest BCUT2D eigenvalue weighted by atomic mass is 16.5. The summed E-state index contributed by atoms with van der Waals surface area (Å²) in [7, 11) is 1.64. The van der Waals surface area contributed by atoms with Gasteiger partial charge in [-0.05, 0) is 25.8 Å². The van der Waals surface area contributed by atoms with Gasteiger partial charge >= 0.3 is 5.97 Å². The van der Waals surface area contributed by atoms with Crippen molar-refractivity contribution in [3.05, 3.63) is 34.8 Å². The second kappa shape index (κ2) is 7.13. The molecule has 0 aliphatic heterocycles. The van der Waals surface area contributed by atoms with E-state index in [9.17, 15) is 9.59 Å². The number of carbonyl (C=O) groups excluding carboxylic acids is 2. The number of furan rings is 1. The highest BCUT2D eigenvalue weighted by Gasteiger charge is 2.34. The minimum atomic E-state index is -0.827. The van der Waals surface area contributed by atoms with E-state index >= 15 is 0 Å². The van der Waals surface area contributed by atoms with Crippen molar-refractivity contribution < 1.29 is 23.5 Å². The number of ketones is 1. The molecule has 1 aromatic heterocycles. The van der Waals surface area contributed by atoms with Crippen molar-refractivity contribution in [2.24, 2.45) is 5.92 Å². The van der Waals surface area contributed by atoms with Crippen molar-refractivity contribution in [1.82, 2.24) is 0 Å². The number of esters is 1. The van der Waals surface area contributed by atoms with Crippen LogP contribution in [0.2, 0.25) is 0 Å². The van der Waals surface area contributed by atoms with Gasteiger partial charge in [0.05, 0.1) is 17.9 Å². The number of carbonyl (C=O) groups is 2. The first-order chi connectivity index (χ1) is 10.8. The molecular weight excluding hydrogens is 296 g/mol. The van der Waals surface area contributed by atoms with Crippen LogP contribution >= 0.6 is 0 Å². The molecule has 2 rings (SSSR count). The topological polar surface area (TPSA) is 65.7 Å². The summed E-state index contributed by atoms with van der Waals surface area (Å²) in [5.74, 6) is -0.211. The molecule has 1 aliphatic carbocycles. The normalized spacial score (nSPS) is 27.8. The minimum Gasteiger partial charge on any atom is -0.468 e. The number of hydrogen-bond donors (Lipinski definition) is 0. The summed E-state index contributed by atoms with van der Waals surface area (Å²) in [6.07, 6.45) is 3.80. The van der Waals surface area contributed by atoms with E-state index in [0.29, 0.717) is 24.2 Å². The van der Waals surface area contributed by atoms with Gasteiger partial charge in [0.1, 0.15) is 5.76 Å². The van der Waals surface area contributed by atoms with Gasteiger partial charge in [0.25, 0.3) is 0 Å². The Balaban J connectivity index is 2.50. The van der Waals surface area contributed by atoms with Gasteiger partial charge in [0.2, 0.25) is 5.78 Å². The van der Waals surface area contributed by atoms with Crippen molar-refractivity contribution in [2.75, 3.05) is 7.11 Å². The van der Waals surface area contributed by atoms with E-state index in [4.69, 9.17) is 13.9 Å². The molecule has 5 heteroatoms. The lowest BCUT2D eigenvalue weighted by atomic mass is 9.87. The number of Topliss-reactive ketones (excluding diaryl/α,β-unsaturated/α-hetero) is 1. The van der Waals surface area contributed by atoms with Gasteiger partial charge in [-0.3, -0.25) is 9.59 Å². The van der Waals surface area contributed by atoms with E-state index in [1.165, 1.54) is 6.92 Å². The van der Waals surface area contributed by atoms with Crippen LogP contribution in [0.4, 0.5) is 0 Å². The lowest BCUT2D eigenvalue weighted by molar-refractivity contribution is -0.146. The molecule has 0 saturated carbocycles. The molecular formula is C18H24O5. The van der Waals surface area contributed by atoms with Crippen LogP contribution in [-0.2, 0) is 20.7 Å². The summed E-state index contributed by atoms with van der Waals surface area (Å²) in [5, 5.41) is 0. The maximum atomic E-state index is 13.0. The second-order valence-corrected chi connectivity index (χ2v) is 6.29. The number of aryl methyl sites for hydroxylation is 1. The Morgan fingerprint density at radius 3 is 2.65 bits per heavy atom. The Morgan fingerprint density at radius 2 is 2.04 bits per heavy atom. The van der Waals surface area contributed by atoms with Crippen LogP contribution < -0.4 is 0 Å². The van der Waals surface area contributed by atoms with Gasteiger partial charge in [0.15, 0.2) is 6.10 Å².